The number of nitrogens with zero attached hydrogens (tertiary/aromatic N) is 1. The van der Waals surface area contributed by atoms with Crippen LogP contribution >= 0.6 is 0 Å². The van der Waals surface area contributed by atoms with E-state index in [-0.39, 0.29) is 12.4 Å². The Morgan fingerprint density at radius 3 is 2.60 bits per heavy atom. The molecule has 0 amide bonds. The molecule has 0 aliphatic rings. The summed E-state index contributed by atoms with van der Waals surface area (Å²) in [5.41, 5.74) is 0.750. The maximum Gasteiger partial charge on any atom is 0.145 e. The Morgan fingerprint density at radius 2 is 1.80 bits per heavy atom. The van der Waals surface area contributed by atoms with Crippen LogP contribution in [-0.4, -0.2) is 16.4 Å². The van der Waals surface area contributed by atoms with Gasteiger partial charge in [-0.15, -0.1) is 0 Å². The van der Waals surface area contributed by atoms with Crippen molar-refractivity contribution in [3.8, 4) is 5.75 Å². The van der Waals surface area contributed by atoms with E-state index in [1.807, 2.05) is 24.3 Å². The molecule has 0 aliphatic heterocycles. The van der Waals surface area contributed by atoms with E-state index in [1.54, 1.807) is 30.5 Å². The number of aliphatic imine (C=N–C) groups is 1. The van der Waals surface area contributed by atoms with E-state index in [1.165, 1.54) is 0 Å². The van der Waals surface area contributed by atoms with Crippen molar-refractivity contribution in [2.75, 3.05) is 0 Å². The minimum absolute atomic E-state index is 0.129. The van der Waals surface area contributed by atoms with Gasteiger partial charge in [-0.2, -0.15) is 0 Å². The van der Waals surface area contributed by atoms with Crippen LogP contribution in [0.1, 0.15) is 11.5 Å². The van der Waals surface area contributed by atoms with Crippen molar-refractivity contribution in [1.82, 2.24) is 0 Å². The molecule has 0 aliphatic carbocycles. The van der Waals surface area contributed by atoms with Crippen molar-refractivity contribution in [2.24, 2.45) is 4.99 Å². The van der Waals surface area contributed by atoms with Crippen molar-refractivity contribution < 1.29 is 14.6 Å². The smallest absolute Gasteiger partial charge is 0.145 e. The summed E-state index contributed by atoms with van der Waals surface area (Å²) in [5.74, 6) is 1.31. The minimum Gasteiger partial charge on any atom is -0.507 e. The first-order chi connectivity index (χ1) is 9.78. The van der Waals surface area contributed by atoms with E-state index in [2.05, 4.69) is 4.99 Å². The number of hydrogen-bond acceptors (Lipinski definition) is 4. The van der Waals surface area contributed by atoms with E-state index in [0.29, 0.717) is 11.5 Å². The number of rotatable bonds is 3. The number of aromatic hydroxyl groups is 1. The van der Waals surface area contributed by atoms with Gasteiger partial charge in [0.05, 0.1) is 11.9 Å². The third-order valence-electron chi connectivity index (χ3n) is 3.05. The summed E-state index contributed by atoms with van der Waals surface area (Å²) in [5, 5.41) is 20.4. The van der Waals surface area contributed by atoms with Crippen molar-refractivity contribution >= 4 is 22.7 Å². The zero-order valence-electron chi connectivity index (χ0n) is 10.7. The first-order valence-electron chi connectivity index (χ1n) is 6.22. The fourth-order valence-electron chi connectivity index (χ4n) is 2.07. The van der Waals surface area contributed by atoms with E-state index >= 15 is 0 Å². The van der Waals surface area contributed by atoms with E-state index < -0.39 is 0 Å². The normalized spacial score (nSPS) is 11.4. The predicted molar refractivity (Wildman–Crippen MR) is 77.5 cm³/mol. The average molecular weight is 267 g/mol. The number of benzene rings is 2. The Morgan fingerprint density at radius 1 is 1.00 bits per heavy atom. The second-order valence-electron chi connectivity index (χ2n) is 4.37. The summed E-state index contributed by atoms with van der Waals surface area (Å²) in [6, 6.07) is 14.4. The molecule has 0 unspecified atom stereocenters. The predicted octanol–water partition coefficient (Wildman–Crippen LogP) is 3.38. The summed E-state index contributed by atoms with van der Waals surface area (Å²) in [6.07, 6.45) is 1.60. The quantitative estimate of drug-likeness (QED) is 0.715. The maximum absolute atomic E-state index is 9.82. The zero-order valence-corrected chi connectivity index (χ0v) is 10.7. The molecule has 0 spiro atoms. The molecule has 100 valence electrons. The highest BCUT2D eigenvalue weighted by Gasteiger charge is 2.03. The van der Waals surface area contributed by atoms with Gasteiger partial charge in [0.25, 0.3) is 0 Å². The summed E-state index contributed by atoms with van der Waals surface area (Å²) < 4.78 is 5.34. The molecule has 1 aromatic heterocycles. The van der Waals surface area contributed by atoms with Crippen LogP contribution in [0.25, 0.3) is 10.8 Å². The van der Waals surface area contributed by atoms with Crippen molar-refractivity contribution in [3.63, 3.8) is 0 Å². The van der Waals surface area contributed by atoms with Gasteiger partial charge in [0.15, 0.2) is 0 Å². The van der Waals surface area contributed by atoms with Crippen LogP contribution in [0, 0.1) is 0 Å². The molecule has 4 heteroatoms. The third-order valence-corrected chi connectivity index (χ3v) is 3.05. The Labute approximate surface area is 115 Å². The molecule has 2 aromatic carbocycles. The van der Waals surface area contributed by atoms with Gasteiger partial charge in [-0.1, -0.05) is 24.3 Å². The number of phenolic OH excluding ortho intramolecular Hbond substituents is 1. The number of aliphatic hydroxyl groups is 1. The highest BCUT2D eigenvalue weighted by molar-refractivity contribution is 5.97. The van der Waals surface area contributed by atoms with Gasteiger partial charge in [-0.25, -0.2) is 0 Å². The number of furan rings is 1. The molecule has 0 fully saturated rings. The number of fused-ring (bicyclic) bond motifs is 1. The minimum atomic E-state index is -0.129. The first kappa shape index (κ1) is 12.4. The van der Waals surface area contributed by atoms with Gasteiger partial charge in [0, 0.05) is 10.8 Å². The fourth-order valence-corrected chi connectivity index (χ4v) is 2.07. The van der Waals surface area contributed by atoms with Crippen LogP contribution in [0.15, 0.2) is 57.9 Å². The van der Waals surface area contributed by atoms with Gasteiger partial charge in [0.2, 0.25) is 0 Å². The topological polar surface area (TPSA) is 66.0 Å². The van der Waals surface area contributed by atoms with Crippen molar-refractivity contribution in [1.29, 1.82) is 0 Å². The second kappa shape index (κ2) is 5.19. The van der Waals surface area contributed by atoms with Crippen molar-refractivity contribution in [2.45, 2.75) is 6.61 Å². The molecule has 1 heterocycles. The van der Waals surface area contributed by atoms with Crippen LogP contribution in [0.2, 0.25) is 0 Å². The van der Waals surface area contributed by atoms with E-state index in [9.17, 15) is 5.11 Å². The molecule has 2 N–H and O–H groups in total. The first-order valence-corrected chi connectivity index (χ1v) is 6.22. The molecule has 0 atom stereocenters. The highest BCUT2D eigenvalue weighted by Crippen LogP contribution is 2.31. The SMILES string of the molecule is OCc1ccc(C=Nc2cccc3c(O)cccc23)o1. The van der Waals surface area contributed by atoms with Gasteiger partial charge in [-0.05, 0) is 24.3 Å². The van der Waals surface area contributed by atoms with Crippen LogP contribution in [0.3, 0.4) is 0 Å². The Kier molecular flexibility index (Phi) is 3.23. The maximum atomic E-state index is 9.82. The monoisotopic (exact) mass is 267 g/mol. The molecule has 3 rings (SSSR count). The Balaban J connectivity index is 2.00. The lowest BCUT2D eigenvalue weighted by Gasteiger charge is -2.03. The zero-order chi connectivity index (χ0) is 13.9. The lowest BCUT2D eigenvalue weighted by molar-refractivity contribution is 0.247. The summed E-state index contributed by atoms with van der Waals surface area (Å²) >= 11 is 0. The molecule has 4 nitrogen and oxygen atoms in total. The van der Waals surface area contributed by atoms with E-state index in [0.717, 1.165) is 16.5 Å². The van der Waals surface area contributed by atoms with Crippen LogP contribution in [0.4, 0.5) is 5.69 Å². The molecule has 3 aromatic rings. The molecule has 20 heavy (non-hydrogen) atoms. The van der Waals surface area contributed by atoms with Gasteiger partial charge >= 0.3 is 0 Å². The largest absolute Gasteiger partial charge is 0.507 e. The van der Waals surface area contributed by atoms with Crippen LogP contribution < -0.4 is 0 Å². The standard InChI is InChI=1S/C16H13NO3/c18-10-12-8-7-11(20-12)9-17-15-5-1-4-14-13(15)3-2-6-16(14)19/h1-9,18-19H,10H2. The number of phenols is 1. The molecule has 0 bridgehead atoms. The Bertz CT molecular complexity index is 774. The molecule has 0 radical (unpaired) electrons. The average Bonchev–Trinajstić information content (AvgIpc) is 2.94. The second-order valence-corrected chi connectivity index (χ2v) is 4.37. The number of hydrogen-bond donors (Lipinski definition) is 2. The Hall–Kier alpha value is -2.59. The molecule has 0 saturated heterocycles. The molecular formula is C16H13NO3. The van der Waals surface area contributed by atoms with Crippen LogP contribution in [0.5, 0.6) is 5.75 Å². The fraction of sp³-hybridized carbons (Fsp3) is 0.0625. The molecule has 0 saturated carbocycles. The third kappa shape index (κ3) is 2.29. The molecular weight excluding hydrogens is 254 g/mol. The van der Waals surface area contributed by atoms with Crippen LogP contribution in [-0.2, 0) is 6.61 Å². The lowest BCUT2D eigenvalue weighted by atomic mass is 10.1. The summed E-state index contributed by atoms with van der Waals surface area (Å²) in [7, 11) is 0. The van der Waals surface area contributed by atoms with Gasteiger partial charge < -0.3 is 14.6 Å². The number of aliphatic hydroxyl groups excluding tert-OH is 1. The summed E-state index contributed by atoms with van der Waals surface area (Å²) in [4.78, 5) is 4.38. The van der Waals surface area contributed by atoms with E-state index in [4.69, 9.17) is 9.52 Å². The van der Waals surface area contributed by atoms with Crippen molar-refractivity contribution in [3.05, 3.63) is 60.1 Å². The van der Waals surface area contributed by atoms with Gasteiger partial charge in [-0.3, -0.25) is 4.99 Å². The van der Waals surface area contributed by atoms with Gasteiger partial charge in [0.1, 0.15) is 23.9 Å². The lowest BCUT2D eigenvalue weighted by Crippen LogP contribution is -1.78. The highest BCUT2D eigenvalue weighted by atomic mass is 16.4. The summed E-state index contributed by atoms with van der Waals surface area (Å²) in [6.45, 7) is -0.129.